The minimum atomic E-state index is -0.878. The van der Waals surface area contributed by atoms with Crippen molar-refractivity contribution in [3.05, 3.63) is 29.0 Å². The molecule has 9 heteroatoms. The molecule has 0 aromatic heterocycles. The molecule has 164 valence electrons. The van der Waals surface area contributed by atoms with Gasteiger partial charge in [-0.25, -0.2) is 4.79 Å². The summed E-state index contributed by atoms with van der Waals surface area (Å²) in [5.74, 6) is -1.76. The van der Waals surface area contributed by atoms with Crippen LogP contribution in [0.25, 0.3) is 0 Å². The Morgan fingerprint density at radius 3 is 2.03 bits per heavy atom. The van der Waals surface area contributed by atoms with E-state index in [2.05, 4.69) is 5.32 Å². The Morgan fingerprint density at radius 2 is 1.60 bits per heavy atom. The third-order valence-electron chi connectivity index (χ3n) is 4.03. The number of amides is 1. The topological polar surface area (TPSA) is 135 Å². The molecule has 0 aliphatic carbocycles. The number of aliphatic hydroxyl groups excluding tert-OH is 1. The van der Waals surface area contributed by atoms with Gasteiger partial charge < -0.3 is 30.0 Å². The van der Waals surface area contributed by atoms with Crippen molar-refractivity contribution < 1.29 is 33.7 Å². The molecule has 1 aromatic rings. The number of ketones is 1. The van der Waals surface area contributed by atoms with Crippen molar-refractivity contribution >= 4 is 29.1 Å². The van der Waals surface area contributed by atoms with Crippen molar-refractivity contribution in [1.82, 2.24) is 0 Å². The highest BCUT2D eigenvalue weighted by Gasteiger charge is 2.26. The van der Waals surface area contributed by atoms with Crippen LogP contribution in [0, 0.1) is 10.8 Å². The molecule has 0 saturated carbocycles. The van der Waals surface area contributed by atoms with E-state index in [9.17, 15) is 19.5 Å². The van der Waals surface area contributed by atoms with Gasteiger partial charge in [0.15, 0.2) is 17.3 Å². The van der Waals surface area contributed by atoms with Crippen molar-refractivity contribution in [2.24, 2.45) is 5.41 Å². The van der Waals surface area contributed by atoms with Crippen LogP contribution in [-0.4, -0.2) is 49.3 Å². The van der Waals surface area contributed by atoms with Crippen molar-refractivity contribution in [2.75, 3.05) is 26.1 Å². The number of hydrogen-bond acceptors (Lipinski definition) is 8. The highest BCUT2D eigenvalue weighted by atomic mass is 16.5. The molecule has 0 aliphatic rings. The molecule has 0 fully saturated rings. The van der Waals surface area contributed by atoms with Gasteiger partial charge in [0, 0.05) is 23.3 Å². The largest absolute Gasteiger partial charge is 0.508 e. The summed E-state index contributed by atoms with van der Waals surface area (Å²) in [5, 5.41) is 20.3. The number of carbonyl (C=O) groups excluding carboxylic acids is 3. The van der Waals surface area contributed by atoms with Crippen LogP contribution in [0.4, 0.5) is 5.69 Å². The number of rotatable bonds is 8. The fraction of sp³-hybridized carbons (Fsp3) is 0.429. The van der Waals surface area contributed by atoms with Gasteiger partial charge in [0.25, 0.3) is 0 Å². The van der Waals surface area contributed by atoms with Gasteiger partial charge in [-0.3, -0.25) is 9.59 Å². The third kappa shape index (κ3) is 6.07. The first kappa shape index (κ1) is 24.7. The first-order valence-corrected chi connectivity index (χ1v) is 9.06. The highest BCUT2D eigenvalue weighted by molar-refractivity contribution is 6.20. The minimum absolute atomic E-state index is 0.0333. The van der Waals surface area contributed by atoms with E-state index in [1.165, 1.54) is 40.2 Å². The monoisotopic (exact) mass is 420 g/mol. The molecule has 1 amide bonds. The molecule has 0 heterocycles. The average Bonchev–Trinajstić information content (AvgIpc) is 2.64. The van der Waals surface area contributed by atoms with Gasteiger partial charge in [0.2, 0.25) is 5.91 Å². The fourth-order valence-corrected chi connectivity index (χ4v) is 2.43. The summed E-state index contributed by atoms with van der Waals surface area (Å²) in [4.78, 5) is 36.7. The summed E-state index contributed by atoms with van der Waals surface area (Å²) in [6, 6.07) is 2.77. The molecular formula is C21H28N2O7. The summed E-state index contributed by atoms with van der Waals surface area (Å²) in [6.45, 7) is 7.06. The lowest BCUT2D eigenvalue weighted by Crippen LogP contribution is -2.28. The lowest BCUT2D eigenvalue weighted by Gasteiger charge is -2.20. The maximum atomic E-state index is 12.7. The van der Waals surface area contributed by atoms with Gasteiger partial charge in [0.1, 0.15) is 12.4 Å². The molecule has 0 saturated heterocycles. The second-order valence-electron chi connectivity index (χ2n) is 7.54. The molecule has 3 N–H and O–H groups in total. The maximum Gasteiger partial charge on any atom is 0.340 e. The fourth-order valence-electron chi connectivity index (χ4n) is 2.43. The maximum absolute atomic E-state index is 12.7. The van der Waals surface area contributed by atoms with E-state index in [0.717, 1.165) is 0 Å². The van der Waals surface area contributed by atoms with E-state index in [4.69, 9.17) is 19.6 Å². The first-order chi connectivity index (χ1) is 13.8. The standard InChI is InChI=1S/C21H28N2O7/c1-11(22)18(12(2)24)15(25)10-30-19(26)13-8-16(28-6)17(29-7)9-14(13)23-20(27)21(3,4)5/h8-9,22,25H,10H2,1-7H3,(H,23,27)/b18-15-,22-11?. The summed E-state index contributed by atoms with van der Waals surface area (Å²) in [5.41, 5.74) is -1.01. The number of Topliss-reactive ketones (excluding diaryl/α,β-unsaturated/α-hetero) is 1. The van der Waals surface area contributed by atoms with Crippen LogP contribution in [0.1, 0.15) is 45.0 Å². The zero-order valence-electron chi connectivity index (χ0n) is 18.3. The molecule has 0 unspecified atom stereocenters. The number of methoxy groups -OCH3 is 2. The highest BCUT2D eigenvalue weighted by Crippen LogP contribution is 2.34. The van der Waals surface area contributed by atoms with Gasteiger partial charge in [-0.1, -0.05) is 20.8 Å². The quantitative estimate of drug-likeness (QED) is 0.254. The molecule has 0 aliphatic heterocycles. The molecule has 0 spiro atoms. The Bertz CT molecular complexity index is 879. The number of esters is 1. The van der Waals surface area contributed by atoms with E-state index < -0.39 is 29.5 Å². The second kappa shape index (κ2) is 9.91. The second-order valence-corrected chi connectivity index (χ2v) is 7.54. The van der Waals surface area contributed by atoms with E-state index >= 15 is 0 Å². The molecule has 0 radical (unpaired) electrons. The average molecular weight is 420 g/mol. The lowest BCUT2D eigenvalue weighted by atomic mass is 9.95. The van der Waals surface area contributed by atoms with Crippen molar-refractivity contribution in [3.8, 4) is 11.5 Å². The molecule has 1 rings (SSSR count). The summed E-state index contributed by atoms with van der Waals surface area (Å²) < 4.78 is 15.5. The van der Waals surface area contributed by atoms with Gasteiger partial charge in [0.05, 0.1) is 31.0 Å². The van der Waals surface area contributed by atoms with Gasteiger partial charge in [-0.2, -0.15) is 0 Å². The number of allylic oxidation sites excluding steroid dienone is 1. The Labute approximate surface area is 175 Å². The first-order valence-electron chi connectivity index (χ1n) is 9.06. The molecular weight excluding hydrogens is 392 g/mol. The van der Waals surface area contributed by atoms with Crippen molar-refractivity contribution in [3.63, 3.8) is 0 Å². The van der Waals surface area contributed by atoms with Crippen LogP contribution >= 0.6 is 0 Å². The number of ether oxygens (including phenoxy) is 3. The Balaban J connectivity index is 3.32. The third-order valence-corrected chi connectivity index (χ3v) is 4.03. The zero-order valence-corrected chi connectivity index (χ0v) is 18.3. The van der Waals surface area contributed by atoms with E-state index in [1.807, 2.05) is 0 Å². The van der Waals surface area contributed by atoms with E-state index in [-0.39, 0.29) is 34.2 Å². The summed E-state index contributed by atoms with van der Waals surface area (Å²) >= 11 is 0. The predicted octanol–water partition coefficient (Wildman–Crippen LogP) is 3.29. The van der Waals surface area contributed by atoms with Crippen molar-refractivity contribution in [1.29, 1.82) is 5.41 Å². The van der Waals surface area contributed by atoms with Crippen LogP contribution in [0.3, 0.4) is 0 Å². The Hall–Kier alpha value is -3.36. The van der Waals surface area contributed by atoms with Crippen LogP contribution < -0.4 is 14.8 Å². The van der Waals surface area contributed by atoms with Gasteiger partial charge in [-0.05, 0) is 13.8 Å². The smallest absolute Gasteiger partial charge is 0.340 e. The van der Waals surface area contributed by atoms with Gasteiger partial charge in [-0.15, -0.1) is 0 Å². The molecule has 0 atom stereocenters. The normalized spacial score (nSPS) is 11.8. The number of hydrogen-bond donors (Lipinski definition) is 3. The van der Waals surface area contributed by atoms with Crippen LogP contribution in [-0.2, 0) is 14.3 Å². The lowest BCUT2D eigenvalue weighted by molar-refractivity contribution is -0.123. The van der Waals surface area contributed by atoms with Crippen LogP contribution in [0.5, 0.6) is 11.5 Å². The summed E-state index contributed by atoms with van der Waals surface area (Å²) in [7, 11) is 2.80. The predicted molar refractivity (Wildman–Crippen MR) is 112 cm³/mol. The Kier molecular flexibility index (Phi) is 8.15. The zero-order chi connectivity index (χ0) is 23.2. The van der Waals surface area contributed by atoms with Crippen molar-refractivity contribution in [2.45, 2.75) is 34.6 Å². The number of nitrogens with one attached hydrogen (secondary N) is 2. The van der Waals surface area contributed by atoms with E-state index in [0.29, 0.717) is 5.75 Å². The molecule has 30 heavy (non-hydrogen) atoms. The molecule has 9 nitrogen and oxygen atoms in total. The van der Waals surface area contributed by atoms with Crippen LogP contribution in [0.2, 0.25) is 0 Å². The number of carbonyl (C=O) groups is 3. The number of anilines is 1. The number of aliphatic hydroxyl groups is 1. The minimum Gasteiger partial charge on any atom is -0.508 e. The van der Waals surface area contributed by atoms with Gasteiger partial charge >= 0.3 is 5.97 Å². The van der Waals surface area contributed by atoms with E-state index in [1.54, 1.807) is 20.8 Å². The summed E-state index contributed by atoms with van der Waals surface area (Å²) in [6.07, 6.45) is 0. The Morgan fingerprint density at radius 1 is 1.07 bits per heavy atom. The number of benzene rings is 1. The SMILES string of the molecule is COc1cc(NC(=O)C(C)(C)C)c(C(=O)OC/C(O)=C(\C(C)=N)C(C)=O)cc1OC. The van der Waals surface area contributed by atoms with Crippen LogP contribution in [0.15, 0.2) is 23.5 Å². The molecule has 1 aromatic carbocycles. The molecule has 0 bridgehead atoms.